The molecular formula is C29H48O7S. The van der Waals surface area contributed by atoms with E-state index in [2.05, 4.69) is 6.92 Å². The molecule has 37 heavy (non-hydrogen) atoms. The molecule has 0 spiro atoms. The third kappa shape index (κ3) is 15.2. The van der Waals surface area contributed by atoms with Crippen LogP contribution in [0.15, 0.2) is 24.3 Å². The largest absolute Gasteiger partial charge is 0.462 e. The van der Waals surface area contributed by atoms with Crippen molar-refractivity contribution < 1.29 is 32.0 Å². The number of esters is 2. The fourth-order valence-corrected chi connectivity index (χ4v) is 4.98. The van der Waals surface area contributed by atoms with Gasteiger partial charge in [0.1, 0.15) is 0 Å². The van der Waals surface area contributed by atoms with E-state index < -0.39 is 27.5 Å². The van der Waals surface area contributed by atoms with Gasteiger partial charge in [0.05, 0.1) is 17.7 Å². The standard InChI is InChI=1S/C29H48O7S/c1-3-5-6-7-8-9-10-11-12-13-14-15-16-17-20-24-35-28(30)25-22-18-19-23-26(25)29(31)36-27(21-4-2)37(32,33)34/h18-19,22-23,27H,3-17,20-21,24H2,1-2H3,(H,32,33,34). The summed E-state index contributed by atoms with van der Waals surface area (Å²) in [6.45, 7) is 4.21. The van der Waals surface area contributed by atoms with Crippen molar-refractivity contribution in [2.24, 2.45) is 0 Å². The Hall–Kier alpha value is -1.93. The van der Waals surface area contributed by atoms with Crippen LogP contribution >= 0.6 is 0 Å². The van der Waals surface area contributed by atoms with Gasteiger partial charge in [0, 0.05) is 6.42 Å². The van der Waals surface area contributed by atoms with Crippen molar-refractivity contribution in [1.29, 1.82) is 0 Å². The Balaban J connectivity index is 2.23. The van der Waals surface area contributed by atoms with E-state index in [1.165, 1.54) is 89.2 Å². The van der Waals surface area contributed by atoms with E-state index in [9.17, 15) is 22.6 Å². The van der Waals surface area contributed by atoms with Gasteiger partial charge in [0.2, 0.25) is 5.44 Å². The number of unbranched alkanes of at least 4 members (excludes halogenated alkanes) is 14. The van der Waals surface area contributed by atoms with Crippen LogP contribution in [0.25, 0.3) is 0 Å². The molecule has 8 heteroatoms. The van der Waals surface area contributed by atoms with Gasteiger partial charge < -0.3 is 9.47 Å². The predicted octanol–water partition coefficient (Wildman–Crippen LogP) is 7.89. The van der Waals surface area contributed by atoms with Gasteiger partial charge in [-0.1, -0.05) is 122 Å². The summed E-state index contributed by atoms with van der Waals surface area (Å²) >= 11 is 0. The summed E-state index contributed by atoms with van der Waals surface area (Å²) in [5, 5.41) is 0. The van der Waals surface area contributed by atoms with Gasteiger partial charge in [0.15, 0.2) is 0 Å². The summed E-state index contributed by atoms with van der Waals surface area (Å²) in [7, 11) is -4.56. The minimum Gasteiger partial charge on any atom is -0.462 e. The monoisotopic (exact) mass is 540 g/mol. The molecule has 0 heterocycles. The van der Waals surface area contributed by atoms with Crippen LogP contribution in [0.3, 0.4) is 0 Å². The lowest BCUT2D eigenvalue weighted by atomic mass is 10.0. The first-order chi connectivity index (χ1) is 17.8. The van der Waals surface area contributed by atoms with Crippen LogP contribution in [-0.4, -0.2) is 37.0 Å². The quantitative estimate of drug-likeness (QED) is 0.0905. The lowest BCUT2D eigenvalue weighted by molar-refractivity contribution is 0.0395. The molecular weight excluding hydrogens is 492 g/mol. The van der Waals surface area contributed by atoms with E-state index in [1.54, 1.807) is 19.1 Å². The molecule has 1 N–H and O–H groups in total. The van der Waals surface area contributed by atoms with Gasteiger partial charge in [-0.2, -0.15) is 8.42 Å². The van der Waals surface area contributed by atoms with Gasteiger partial charge in [-0.3, -0.25) is 4.55 Å². The van der Waals surface area contributed by atoms with Crippen LogP contribution in [0.2, 0.25) is 0 Å². The minimum absolute atomic E-state index is 0.0130. The van der Waals surface area contributed by atoms with Crippen molar-refractivity contribution in [3.8, 4) is 0 Å². The Morgan fingerprint density at radius 2 is 1.14 bits per heavy atom. The van der Waals surface area contributed by atoms with Crippen molar-refractivity contribution >= 4 is 22.1 Å². The molecule has 212 valence electrons. The second-order valence-electron chi connectivity index (χ2n) is 9.77. The second-order valence-corrected chi connectivity index (χ2v) is 11.3. The summed E-state index contributed by atoms with van der Waals surface area (Å²) in [4.78, 5) is 25.0. The van der Waals surface area contributed by atoms with Crippen molar-refractivity contribution in [2.45, 2.75) is 128 Å². The highest BCUT2D eigenvalue weighted by atomic mass is 32.2. The lowest BCUT2D eigenvalue weighted by Gasteiger charge is -2.15. The molecule has 0 saturated heterocycles. The molecule has 0 amide bonds. The smallest absolute Gasteiger partial charge is 0.340 e. The van der Waals surface area contributed by atoms with Crippen LogP contribution < -0.4 is 0 Å². The van der Waals surface area contributed by atoms with Crippen molar-refractivity contribution in [3.63, 3.8) is 0 Å². The number of carbonyl (C=O) groups excluding carboxylic acids is 2. The highest BCUT2D eigenvalue weighted by Crippen LogP contribution is 2.17. The number of benzene rings is 1. The third-order valence-electron chi connectivity index (χ3n) is 6.44. The number of rotatable bonds is 22. The number of hydrogen-bond donors (Lipinski definition) is 1. The fourth-order valence-electron chi connectivity index (χ4n) is 4.24. The van der Waals surface area contributed by atoms with Gasteiger partial charge in [-0.05, 0) is 18.6 Å². The maximum Gasteiger partial charge on any atom is 0.340 e. The Labute approximate surface area is 224 Å². The summed E-state index contributed by atoms with van der Waals surface area (Å²) in [5.41, 5.74) is -1.75. The van der Waals surface area contributed by atoms with E-state index in [-0.39, 0.29) is 24.2 Å². The average Bonchev–Trinajstić information content (AvgIpc) is 2.87. The molecule has 1 aromatic rings. The van der Waals surface area contributed by atoms with Crippen molar-refractivity contribution in [1.82, 2.24) is 0 Å². The maximum atomic E-state index is 12.5. The summed E-state index contributed by atoms with van der Waals surface area (Å²) < 4.78 is 42.6. The van der Waals surface area contributed by atoms with Crippen LogP contribution in [0.4, 0.5) is 0 Å². The topological polar surface area (TPSA) is 107 Å². The van der Waals surface area contributed by atoms with Crippen LogP contribution in [0, 0.1) is 0 Å². The van der Waals surface area contributed by atoms with Gasteiger partial charge in [0.25, 0.3) is 0 Å². The highest BCUT2D eigenvalue weighted by Gasteiger charge is 2.28. The predicted molar refractivity (Wildman–Crippen MR) is 147 cm³/mol. The van der Waals surface area contributed by atoms with E-state index in [0.29, 0.717) is 6.42 Å². The molecule has 0 fully saturated rings. The normalized spacial score (nSPS) is 12.3. The Morgan fingerprint density at radius 1 is 0.703 bits per heavy atom. The molecule has 1 unspecified atom stereocenters. The van der Waals surface area contributed by atoms with E-state index in [4.69, 9.17) is 9.47 Å². The number of hydrogen-bond acceptors (Lipinski definition) is 6. The first-order valence-electron chi connectivity index (χ1n) is 14.2. The molecule has 0 aromatic heterocycles. The molecule has 1 rings (SSSR count). The summed E-state index contributed by atoms with van der Waals surface area (Å²) in [6.07, 6.45) is 19.1. The molecule has 0 saturated carbocycles. The fraction of sp³-hybridized carbons (Fsp3) is 0.724. The summed E-state index contributed by atoms with van der Waals surface area (Å²) in [6, 6.07) is 5.95. The van der Waals surface area contributed by atoms with Crippen LogP contribution in [0.5, 0.6) is 0 Å². The second kappa shape index (κ2) is 20.1. The number of carbonyl (C=O) groups is 2. The van der Waals surface area contributed by atoms with Crippen molar-refractivity contribution in [2.75, 3.05) is 6.61 Å². The van der Waals surface area contributed by atoms with Crippen LogP contribution in [0.1, 0.15) is 144 Å². The zero-order valence-corrected chi connectivity index (χ0v) is 23.7. The molecule has 7 nitrogen and oxygen atoms in total. The minimum atomic E-state index is -4.56. The average molecular weight is 541 g/mol. The first-order valence-corrected chi connectivity index (χ1v) is 15.7. The van der Waals surface area contributed by atoms with Crippen LogP contribution in [-0.2, 0) is 19.6 Å². The first kappa shape index (κ1) is 33.1. The molecule has 0 aliphatic rings. The number of ether oxygens (including phenoxy) is 2. The van der Waals surface area contributed by atoms with Crippen molar-refractivity contribution in [3.05, 3.63) is 35.4 Å². The zero-order chi connectivity index (χ0) is 27.4. The third-order valence-corrected chi connectivity index (χ3v) is 7.44. The Bertz CT molecular complexity index is 867. The molecule has 0 radical (unpaired) electrons. The Kier molecular flexibility index (Phi) is 18.0. The zero-order valence-electron chi connectivity index (χ0n) is 22.9. The van der Waals surface area contributed by atoms with E-state index in [0.717, 1.165) is 19.3 Å². The molecule has 1 atom stereocenters. The van der Waals surface area contributed by atoms with Gasteiger partial charge >= 0.3 is 22.1 Å². The molecule has 0 bridgehead atoms. The van der Waals surface area contributed by atoms with E-state index in [1.807, 2.05) is 0 Å². The van der Waals surface area contributed by atoms with Gasteiger partial charge in [-0.15, -0.1) is 0 Å². The highest BCUT2D eigenvalue weighted by molar-refractivity contribution is 7.86. The lowest BCUT2D eigenvalue weighted by Crippen LogP contribution is -2.27. The summed E-state index contributed by atoms with van der Waals surface area (Å²) in [5.74, 6) is -1.65. The maximum absolute atomic E-state index is 12.5. The molecule has 1 aromatic carbocycles. The van der Waals surface area contributed by atoms with Gasteiger partial charge in [-0.25, -0.2) is 9.59 Å². The molecule has 0 aliphatic carbocycles. The molecule has 0 aliphatic heterocycles. The SMILES string of the molecule is CCCCCCCCCCCCCCCCCOC(=O)c1ccccc1C(=O)OC(CCC)S(=O)(=O)O. The Morgan fingerprint density at radius 3 is 1.57 bits per heavy atom. The van der Waals surface area contributed by atoms with E-state index >= 15 is 0 Å².